The van der Waals surface area contributed by atoms with Crippen LogP contribution in [0.15, 0.2) is 30.6 Å². The molecule has 2 amide bonds. The minimum Gasteiger partial charge on any atom is -0.481 e. The van der Waals surface area contributed by atoms with E-state index in [4.69, 9.17) is 15.0 Å². The van der Waals surface area contributed by atoms with Gasteiger partial charge in [0.25, 0.3) is 0 Å². The summed E-state index contributed by atoms with van der Waals surface area (Å²) in [5.74, 6) is -3.50. The zero-order valence-corrected chi connectivity index (χ0v) is 16.5. The van der Waals surface area contributed by atoms with Crippen molar-refractivity contribution in [1.82, 2.24) is 19.6 Å². The minimum atomic E-state index is -5.08. The lowest BCUT2D eigenvalue weighted by Gasteiger charge is -2.32. The number of carboxylic acids is 2. The number of hydrogen-bond donors (Lipinski definition) is 3. The Balaban J connectivity index is 0.000000423. The van der Waals surface area contributed by atoms with Crippen LogP contribution in [0.3, 0.4) is 0 Å². The molecule has 1 aliphatic rings. The molecular formula is C19H23F3N4O5. The minimum absolute atomic E-state index is 0.0560. The topological polar surface area (TPSA) is 124 Å². The number of hydrogen-bond acceptors (Lipinski definition) is 4. The number of halogens is 3. The number of likely N-dealkylation sites (tertiary alicyclic amines) is 1. The van der Waals surface area contributed by atoms with Crippen LogP contribution in [-0.2, 0) is 16.0 Å². The number of alkyl halides is 3. The quantitative estimate of drug-likeness (QED) is 0.651. The maximum absolute atomic E-state index is 12.2. The van der Waals surface area contributed by atoms with Gasteiger partial charge in [-0.1, -0.05) is 6.07 Å². The van der Waals surface area contributed by atoms with E-state index in [1.807, 2.05) is 35.0 Å². The molecule has 0 radical (unpaired) electrons. The molecule has 0 saturated carbocycles. The van der Waals surface area contributed by atoms with Crippen molar-refractivity contribution in [2.45, 2.75) is 31.9 Å². The first-order chi connectivity index (χ1) is 14.6. The van der Waals surface area contributed by atoms with E-state index in [-0.39, 0.29) is 18.4 Å². The molecule has 1 atom stereocenters. The molecule has 2 aromatic rings. The third-order valence-corrected chi connectivity index (χ3v) is 4.58. The summed E-state index contributed by atoms with van der Waals surface area (Å²) >= 11 is 0. The van der Waals surface area contributed by atoms with Gasteiger partial charge in [-0.25, -0.2) is 14.6 Å². The third kappa shape index (κ3) is 7.79. The fraction of sp³-hybridized carbons (Fsp3) is 0.474. The molecule has 1 unspecified atom stereocenters. The Morgan fingerprint density at radius 1 is 1.23 bits per heavy atom. The summed E-state index contributed by atoms with van der Waals surface area (Å²) in [5, 5.41) is 18.9. The van der Waals surface area contributed by atoms with Gasteiger partial charge in [-0.15, -0.1) is 0 Å². The number of imidazole rings is 1. The van der Waals surface area contributed by atoms with E-state index < -0.39 is 18.1 Å². The van der Waals surface area contributed by atoms with Crippen molar-refractivity contribution in [3.05, 3.63) is 36.3 Å². The molecule has 31 heavy (non-hydrogen) atoms. The number of carbonyl (C=O) groups is 3. The standard InChI is InChI=1S/C17H22N4O3.C2HF3O2/c22-16(23)10-13-4-3-9-21(11-13)17(24)18-7-6-14-12-20-8-2-1-5-15(20)19-14;3-2(4,5)1(6)7/h1-2,5,8,12-13H,3-4,6-7,9-11H2,(H,18,24)(H,22,23);(H,6,7). The Bertz CT molecular complexity index is 882. The number of aliphatic carboxylic acids is 2. The molecule has 170 valence electrons. The highest BCUT2D eigenvalue weighted by Gasteiger charge is 2.38. The van der Waals surface area contributed by atoms with Gasteiger partial charge in [0.05, 0.1) is 5.69 Å². The lowest BCUT2D eigenvalue weighted by molar-refractivity contribution is -0.192. The fourth-order valence-electron chi connectivity index (χ4n) is 3.18. The zero-order chi connectivity index (χ0) is 23.0. The van der Waals surface area contributed by atoms with Crippen LogP contribution < -0.4 is 5.32 Å². The number of carbonyl (C=O) groups excluding carboxylic acids is 1. The second kappa shape index (κ2) is 10.6. The van der Waals surface area contributed by atoms with Gasteiger partial charge in [-0.3, -0.25) is 4.79 Å². The van der Waals surface area contributed by atoms with Crippen molar-refractivity contribution in [2.24, 2.45) is 5.92 Å². The molecular weight excluding hydrogens is 421 g/mol. The van der Waals surface area contributed by atoms with Gasteiger partial charge >= 0.3 is 24.1 Å². The van der Waals surface area contributed by atoms with Crippen molar-refractivity contribution in [2.75, 3.05) is 19.6 Å². The van der Waals surface area contributed by atoms with Crippen LogP contribution in [-0.4, -0.2) is 68.3 Å². The van der Waals surface area contributed by atoms with E-state index in [0.717, 1.165) is 24.2 Å². The van der Waals surface area contributed by atoms with Crippen LogP contribution in [0.25, 0.3) is 5.65 Å². The molecule has 2 aromatic heterocycles. The molecule has 1 aliphatic heterocycles. The van der Waals surface area contributed by atoms with E-state index >= 15 is 0 Å². The molecule has 0 spiro atoms. The molecule has 0 bridgehead atoms. The molecule has 0 aromatic carbocycles. The first-order valence-electron chi connectivity index (χ1n) is 9.53. The second-order valence-corrected chi connectivity index (χ2v) is 7.04. The number of aromatic nitrogens is 2. The molecule has 1 saturated heterocycles. The smallest absolute Gasteiger partial charge is 0.481 e. The van der Waals surface area contributed by atoms with Crippen LogP contribution >= 0.6 is 0 Å². The van der Waals surface area contributed by atoms with Gasteiger partial charge in [0.1, 0.15) is 5.65 Å². The van der Waals surface area contributed by atoms with E-state index in [9.17, 15) is 22.8 Å². The van der Waals surface area contributed by atoms with Crippen LogP contribution in [0.4, 0.5) is 18.0 Å². The Morgan fingerprint density at radius 3 is 2.55 bits per heavy atom. The van der Waals surface area contributed by atoms with Gasteiger partial charge in [0.15, 0.2) is 0 Å². The van der Waals surface area contributed by atoms with Crippen molar-refractivity contribution in [3.8, 4) is 0 Å². The Labute approximate surface area is 175 Å². The third-order valence-electron chi connectivity index (χ3n) is 4.58. The summed E-state index contributed by atoms with van der Waals surface area (Å²) in [6, 6.07) is 5.72. The van der Waals surface area contributed by atoms with Crippen LogP contribution in [0.1, 0.15) is 25.0 Å². The number of fused-ring (bicyclic) bond motifs is 1. The van der Waals surface area contributed by atoms with Crippen molar-refractivity contribution in [3.63, 3.8) is 0 Å². The highest BCUT2D eigenvalue weighted by Crippen LogP contribution is 2.19. The van der Waals surface area contributed by atoms with Gasteiger partial charge in [-0.2, -0.15) is 13.2 Å². The average molecular weight is 444 g/mol. The summed E-state index contributed by atoms with van der Waals surface area (Å²) in [5.41, 5.74) is 1.83. The van der Waals surface area contributed by atoms with E-state index in [2.05, 4.69) is 10.3 Å². The maximum atomic E-state index is 12.2. The molecule has 9 nitrogen and oxygen atoms in total. The molecule has 3 heterocycles. The van der Waals surface area contributed by atoms with Gasteiger partial charge < -0.3 is 24.8 Å². The molecule has 1 fully saturated rings. The number of nitrogens with zero attached hydrogens (tertiary/aromatic N) is 3. The lowest BCUT2D eigenvalue weighted by atomic mass is 9.95. The van der Waals surface area contributed by atoms with Gasteiger partial charge in [0.2, 0.25) is 0 Å². The van der Waals surface area contributed by atoms with Crippen LogP contribution in [0.2, 0.25) is 0 Å². The summed E-state index contributed by atoms with van der Waals surface area (Å²) in [6.07, 6.45) is 1.35. The molecule has 3 rings (SSSR count). The predicted molar refractivity (Wildman–Crippen MR) is 103 cm³/mol. The van der Waals surface area contributed by atoms with Crippen LogP contribution in [0.5, 0.6) is 0 Å². The highest BCUT2D eigenvalue weighted by molar-refractivity contribution is 5.74. The Hall–Kier alpha value is -3.31. The highest BCUT2D eigenvalue weighted by atomic mass is 19.4. The number of rotatable bonds is 5. The van der Waals surface area contributed by atoms with Gasteiger partial charge in [-0.05, 0) is 30.9 Å². The van der Waals surface area contributed by atoms with E-state index in [1.54, 1.807) is 4.90 Å². The molecule has 3 N–H and O–H groups in total. The second-order valence-electron chi connectivity index (χ2n) is 7.04. The zero-order valence-electron chi connectivity index (χ0n) is 16.5. The van der Waals surface area contributed by atoms with Crippen LogP contribution in [0, 0.1) is 5.92 Å². The maximum Gasteiger partial charge on any atom is 0.490 e. The Morgan fingerprint density at radius 2 is 1.94 bits per heavy atom. The monoisotopic (exact) mass is 444 g/mol. The van der Waals surface area contributed by atoms with E-state index in [1.165, 1.54) is 0 Å². The normalized spacial score (nSPS) is 16.4. The van der Waals surface area contributed by atoms with E-state index in [0.29, 0.717) is 26.1 Å². The molecule has 12 heteroatoms. The van der Waals surface area contributed by atoms with Crippen molar-refractivity contribution < 1.29 is 37.8 Å². The van der Waals surface area contributed by atoms with Crippen molar-refractivity contribution in [1.29, 1.82) is 0 Å². The SMILES string of the molecule is O=C(O)C(F)(F)F.O=C(O)CC1CCCN(C(=O)NCCc2cn3ccccc3n2)C1. The number of carboxylic acid groups (broad SMARTS) is 2. The Kier molecular flexibility index (Phi) is 8.22. The molecule has 0 aliphatic carbocycles. The largest absolute Gasteiger partial charge is 0.490 e. The summed E-state index contributed by atoms with van der Waals surface area (Å²) in [7, 11) is 0. The first kappa shape index (κ1) is 24.0. The fourth-order valence-corrected chi connectivity index (χ4v) is 3.18. The number of urea groups is 1. The first-order valence-corrected chi connectivity index (χ1v) is 9.53. The van der Waals surface area contributed by atoms with Crippen molar-refractivity contribution >= 4 is 23.6 Å². The number of pyridine rings is 1. The van der Waals surface area contributed by atoms with Gasteiger partial charge in [0, 0.05) is 44.9 Å². The summed E-state index contributed by atoms with van der Waals surface area (Å²) in [6.45, 7) is 1.73. The number of amides is 2. The number of piperidine rings is 1. The number of nitrogens with one attached hydrogen (secondary N) is 1. The summed E-state index contributed by atoms with van der Waals surface area (Å²) in [4.78, 5) is 38.2. The average Bonchev–Trinajstić information content (AvgIpc) is 3.10. The predicted octanol–water partition coefficient (Wildman–Crippen LogP) is 2.41. The summed E-state index contributed by atoms with van der Waals surface area (Å²) < 4.78 is 33.7. The lowest BCUT2D eigenvalue weighted by Crippen LogP contribution is -2.46.